The summed E-state index contributed by atoms with van der Waals surface area (Å²) in [6.07, 6.45) is 1.67. The average molecular weight is 383 g/mol. The number of hydrogen-bond donors (Lipinski definition) is 1. The molecule has 3 heterocycles. The molecule has 0 unspecified atom stereocenters. The van der Waals surface area contributed by atoms with E-state index in [0.29, 0.717) is 5.13 Å². The topological polar surface area (TPSA) is 85.2 Å². The average Bonchev–Trinajstić information content (AvgIpc) is 3.25. The highest BCUT2D eigenvalue weighted by Gasteiger charge is 2.21. The van der Waals surface area contributed by atoms with E-state index in [9.17, 15) is 4.79 Å². The Kier molecular flexibility index (Phi) is 6.40. The molecule has 0 aromatic carbocycles. The van der Waals surface area contributed by atoms with Gasteiger partial charge in [-0.25, -0.2) is 4.98 Å². The zero-order valence-electron chi connectivity index (χ0n) is 14.3. The number of carbonyl (C=O) groups is 1. The van der Waals surface area contributed by atoms with Crippen molar-refractivity contribution in [1.29, 1.82) is 0 Å². The van der Waals surface area contributed by atoms with Crippen molar-refractivity contribution in [2.75, 3.05) is 31.6 Å². The van der Waals surface area contributed by atoms with Crippen molar-refractivity contribution in [3.05, 3.63) is 17.4 Å². The minimum Gasteiger partial charge on any atom is -0.379 e. The summed E-state index contributed by atoms with van der Waals surface area (Å²) in [6.45, 7) is 8.80. The summed E-state index contributed by atoms with van der Waals surface area (Å²) < 4.78 is 7.46. The van der Waals surface area contributed by atoms with Crippen molar-refractivity contribution >= 4 is 34.1 Å². The van der Waals surface area contributed by atoms with Crippen molar-refractivity contribution in [3.63, 3.8) is 0 Å². The maximum atomic E-state index is 12.3. The van der Waals surface area contributed by atoms with Crippen LogP contribution in [0.1, 0.15) is 19.7 Å². The van der Waals surface area contributed by atoms with E-state index in [1.165, 1.54) is 23.1 Å². The lowest BCUT2D eigenvalue weighted by atomic mass is 10.4. The van der Waals surface area contributed by atoms with Gasteiger partial charge in [0.2, 0.25) is 5.91 Å². The minimum absolute atomic E-state index is 0.0830. The van der Waals surface area contributed by atoms with Gasteiger partial charge in [0, 0.05) is 31.2 Å². The summed E-state index contributed by atoms with van der Waals surface area (Å²) in [5.74, 6) is 0.847. The first-order valence-electron chi connectivity index (χ1n) is 8.26. The van der Waals surface area contributed by atoms with E-state index in [1.54, 1.807) is 6.20 Å². The highest BCUT2D eigenvalue weighted by molar-refractivity contribution is 8.00. The van der Waals surface area contributed by atoms with Crippen LogP contribution in [0.4, 0.5) is 5.13 Å². The van der Waals surface area contributed by atoms with Crippen LogP contribution >= 0.6 is 23.1 Å². The first kappa shape index (κ1) is 18.3. The molecule has 2 aromatic rings. The van der Waals surface area contributed by atoms with E-state index in [4.69, 9.17) is 4.74 Å². The normalized spacial score (nSPS) is 16.7. The molecule has 1 aliphatic rings. The van der Waals surface area contributed by atoms with Crippen molar-refractivity contribution < 1.29 is 9.53 Å². The quantitative estimate of drug-likeness (QED) is 0.730. The van der Waals surface area contributed by atoms with Crippen LogP contribution in [0.25, 0.3) is 0 Å². The summed E-state index contributed by atoms with van der Waals surface area (Å²) in [6, 6.07) is 0. The van der Waals surface area contributed by atoms with Crippen LogP contribution in [0.2, 0.25) is 0 Å². The Labute approximate surface area is 155 Å². The van der Waals surface area contributed by atoms with Gasteiger partial charge >= 0.3 is 0 Å². The molecule has 8 nitrogen and oxygen atoms in total. The number of anilines is 1. The number of hydrogen-bond acceptors (Lipinski definition) is 8. The molecule has 0 saturated carbocycles. The molecule has 136 valence electrons. The molecule has 1 amide bonds. The summed E-state index contributed by atoms with van der Waals surface area (Å²) in [7, 11) is 0. The van der Waals surface area contributed by atoms with Gasteiger partial charge in [-0.1, -0.05) is 11.8 Å². The van der Waals surface area contributed by atoms with E-state index in [2.05, 4.69) is 36.9 Å². The fourth-order valence-corrected chi connectivity index (χ4v) is 3.97. The van der Waals surface area contributed by atoms with Gasteiger partial charge in [0.25, 0.3) is 0 Å². The molecule has 2 aromatic heterocycles. The molecule has 1 aliphatic heterocycles. The summed E-state index contributed by atoms with van der Waals surface area (Å²) in [4.78, 5) is 18.7. The van der Waals surface area contributed by atoms with Gasteiger partial charge in [-0.3, -0.25) is 9.69 Å². The van der Waals surface area contributed by atoms with E-state index in [-0.39, 0.29) is 11.2 Å². The van der Waals surface area contributed by atoms with Crippen LogP contribution < -0.4 is 5.32 Å². The largest absolute Gasteiger partial charge is 0.379 e. The summed E-state index contributed by atoms with van der Waals surface area (Å²) >= 11 is 2.82. The first-order valence-corrected chi connectivity index (χ1v) is 10.0. The van der Waals surface area contributed by atoms with Gasteiger partial charge in [-0.2, -0.15) is 0 Å². The second-order valence-electron chi connectivity index (χ2n) is 5.62. The molecule has 0 aliphatic carbocycles. The lowest BCUT2D eigenvalue weighted by Crippen LogP contribution is -2.36. The predicted molar refractivity (Wildman–Crippen MR) is 97.9 cm³/mol. The number of thiazole rings is 1. The number of ether oxygens (including phenoxy) is 1. The molecule has 1 atom stereocenters. The Morgan fingerprint density at radius 2 is 2.24 bits per heavy atom. The van der Waals surface area contributed by atoms with Gasteiger partial charge < -0.3 is 14.6 Å². The third-order valence-electron chi connectivity index (χ3n) is 3.89. The molecule has 0 bridgehead atoms. The van der Waals surface area contributed by atoms with Gasteiger partial charge in [0.15, 0.2) is 10.3 Å². The minimum atomic E-state index is -0.283. The molecule has 1 N–H and O–H groups in total. The first-order chi connectivity index (χ1) is 12.2. The summed E-state index contributed by atoms with van der Waals surface area (Å²) in [5, 5.41) is 14.4. The molecule has 25 heavy (non-hydrogen) atoms. The van der Waals surface area contributed by atoms with E-state index in [1.807, 2.05) is 12.3 Å². The fraction of sp³-hybridized carbons (Fsp3) is 0.600. The Morgan fingerprint density at radius 3 is 2.92 bits per heavy atom. The Morgan fingerprint density at radius 1 is 1.44 bits per heavy atom. The van der Waals surface area contributed by atoms with Gasteiger partial charge in [0.05, 0.1) is 25.0 Å². The molecule has 1 fully saturated rings. The van der Waals surface area contributed by atoms with E-state index < -0.39 is 0 Å². The highest BCUT2D eigenvalue weighted by atomic mass is 32.2. The summed E-state index contributed by atoms with van der Waals surface area (Å²) in [5.41, 5.74) is 0. The van der Waals surface area contributed by atoms with Crippen LogP contribution in [-0.4, -0.2) is 62.1 Å². The molecule has 1 saturated heterocycles. The lowest BCUT2D eigenvalue weighted by Gasteiger charge is -2.26. The zero-order chi connectivity index (χ0) is 17.6. The maximum Gasteiger partial charge on any atom is 0.239 e. The van der Waals surface area contributed by atoms with Gasteiger partial charge in [-0.05, 0) is 13.8 Å². The zero-order valence-corrected chi connectivity index (χ0v) is 16.0. The molecular weight excluding hydrogens is 360 g/mol. The van der Waals surface area contributed by atoms with E-state index in [0.717, 1.165) is 50.4 Å². The number of aromatic nitrogens is 4. The van der Waals surface area contributed by atoms with E-state index >= 15 is 0 Å². The second kappa shape index (κ2) is 8.75. The third kappa shape index (κ3) is 4.78. The van der Waals surface area contributed by atoms with Gasteiger partial charge in [-0.15, -0.1) is 21.5 Å². The fourth-order valence-electron chi connectivity index (χ4n) is 2.50. The van der Waals surface area contributed by atoms with Crippen LogP contribution in [0.3, 0.4) is 0 Å². The molecule has 10 heteroatoms. The van der Waals surface area contributed by atoms with Crippen molar-refractivity contribution in [3.8, 4) is 0 Å². The Bertz CT molecular complexity index is 684. The number of rotatable bonds is 7. The Hall–Kier alpha value is -1.49. The number of amides is 1. The van der Waals surface area contributed by atoms with Crippen molar-refractivity contribution in [2.45, 2.75) is 37.3 Å². The van der Waals surface area contributed by atoms with Crippen molar-refractivity contribution in [1.82, 2.24) is 24.6 Å². The molecule has 0 spiro atoms. The number of carbonyl (C=O) groups excluding carboxylic acids is 1. The van der Waals surface area contributed by atoms with Crippen LogP contribution in [0.15, 0.2) is 16.7 Å². The molecule has 3 rings (SSSR count). The predicted octanol–water partition coefficient (Wildman–Crippen LogP) is 1.71. The number of nitrogens with one attached hydrogen (secondary N) is 1. The van der Waals surface area contributed by atoms with Crippen LogP contribution in [0.5, 0.6) is 0 Å². The van der Waals surface area contributed by atoms with Gasteiger partial charge in [0.1, 0.15) is 5.82 Å². The Balaban J connectivity index is 1.62. The van der Waals surface area contributed by atoms with Crippen LogP contribution in [0, 0.1) is 0 Å². The lowest BCUT2D eigenvalue weighted by molar-refractivity contribution is -0.115. The molecule has 0 radical (unpaired) electrons. The number of morpholine rings is 1. The maximum absolute atomic E-state index is 12.3. The second-order valence-corrected chi connectivity index (χ2v) is 7.82. The standard InChI is InChI=1S/C15H22N6O2S2/c1-3-21-12(10-20-5-7-23-8-6-20)18-19-15(21)25-11(2)13(22)17-14-16-4-9-24-14/h4,9,11H,3,5-8,10H2,1-2H3,(H,16,17,22)/t11-/m1/s1. The van der Waals surface area contributed by atoms with Crippen molar-refractivity contribution in [2.24, 2.45) is 0 Å². The third-order valence-corrected chi connectivity index (χ3v) is 5.66. The monoisotopic (exact) mass is 382 g/mol. The highest BCUT2D eigenvalue weighted by Crippen LogP contribution is 2.24. The number of thioether (sulfide) groups is 1. The number of nitrogens with zero attached hydrogens (tertiary/aromatic N) is 5. The molecular formula is C15H22N6O2S2. The smallest absolute Gasteiger partial charge is 0.239 e. The SMILES string of the molecule is CCn1c(CN2CCOCC2)nnc1S[C@H](C)C(=O)Nc1nccs1. The van der Waals surface area contributed by atoms with Crippen LogP contribution in [-0.2, 0) is 22.6 Å².